The molecule has 1 aliphatic rings. The molecule has 0 aliphatic carbocycles. The Morgan fingerprint density at radius 3 is 2.95 bits per heavy atom. The number of nitro benzene ring substituents is 1. The molecule has 1 fully saturated rings. The van der Waals surface area contributed by atoms with Crippen LogP contribution in [0.2, 0.25) is 0 Å². The predicted molar refractivity (Wildman–Crippen MR) is 78.0 cm³/mol. The Kier molecular flexibility index (Phi) is 4.74. The highest BCUT2D eigenvalue weighted by atomic mass is 16.6. The molecule has 1 aliphatic heterocycles. The van der Waals surface area contributed by atoms with Crippen LogP contribution in [0.3, 0.4) is 0 Å². The van der Waals surface area contributed by atoms with Crippen molar-refractivity contribution in [1.82, 2.24) is 5.32 Å². The number of nitrogens with one attached hydrogen (secondary N) is 1. The molecular weight excluding hydrogens is 274 g/mol. The molecule has 114 valence electrons. The lowest BCUT2D eigenvalue weighted by molar-refractivity contribution is -0.384. The van der Waals surface area contributed by atoms with Crippen molar-refractivity contribution in [2.75, 3.05) is 25.0 Å². The molecule has 2 N–H and O–H groups in total. The summed E-state index contributed by atoms with van der Waals surface area (Å²) in [5.74, 6) is -0.185. The van der Waals surface area contributed by atoms with Gasteiger partial charge < -0.3 is 15.3 Å². The Hall–Kier alpha value is -2.15. The SMILES string of the molecule is CNC(=O)C1CCCN(c2ccc(CO)cc2[N+](=O)[O-])C1. The molecule has 1 unspecified atom stereocenters. The Morgan fingerprint density at radius 1 is 1.57 bits per heavy atom. The third kappa shape index (κ3) is 3.30. The fourth-order valence-corrected chi connectivity index (χ4v) is 2.70. The summed E-state index contributed by atoms with van der Waals surface area (Å²) >= 11 is 0. The number of rotatable bonds is 4. The smallest absolute Gasteiger partial charge is 0.292 e. The summed E-state index contributed by atoms with van der Waals surface area (Å²) in [6, 6.07) is 4.71. The zero-order valence-corrected chi connectivity index (χ0v) is 11.9. The standard InChI is InChI=1S/C14H19N3O4/c1-15-14(19)11-3-2-6-16(8-11)12-5-4-10(9-18)7-13(12)17(20)21/h4-5,7,11,18H,2-3,6,8-9H2,1H3,(H,15,19). The van der Waals surface area contributed by atoms with Crippen LogP contribution in [0.25, 0.3) is 0 Å². The summed E-state index contributed by atoms with van der Waals surface area (Å²) in [5.41, 5.74) is 0.982. The number of hydrogen-bond acceptors (Lipinski definition) is 5. The van der Waals surface area contributed by atoms with Gasteiger partial charge in [-0.2, -0.15) is 0 Å². The van der Waals surface area contributed by atoms with Crippen LogP contribution in [0, 0.1) is 16.0 Å². The maximum Gasteiger partial charge on any atom is 0.292 e. The third-order valence-corrected chi connectivity index (χ3v) is 3.80. The minimum absolute atomic E-state index is 0.0286. The van der Waals surface area contributed by atoms with Gasteiger partial charge in [-0.3, -0.25) is 14.9 Å². The summed E-state index contributed by atoms with van der Waals surface area (Å²) in [6.45, 7) is 0.924. The number of hydrogen-bond donors (Lipinski definition) is 2. The monoisotopic (exact) mass is 293 g/mol. The topological polar surface area (TPSA) is 95.7 Å². The molecule has 1 amide bonds. The molecule has 0 spiro atoms. The first-order valence-corrected chi connectivity index (χ1v) is 6.91. The Labute approximate surface area is 122 Å². The van der Waals surface area contributed by atoms with E-state index in [2.05, 4.69) is 5.32 Å². The number of amides is 1. The number of aliphatic hydroxyl groups excluding tert-OH is 1. The lowest BCUT2D eigenvalue weighted by Crippen LogP contribution is -2.42. The number of carbonyl (C=O) groups excluding carboxylic acids is 1. The van der Waals surface area contributed by atoms with E-state index >= 15 is 0 Å². The Balaban J connectivity index is 2.28. The van der Waals surface area contributed by atoms with E-state index < -0.39 is 4.92 Å². The van der Waals surface area contributed by atoms with Gasteiger partial charge >= 0.3 is 0 Å². The van der Waals surface area contributed by atoms with Gasteiger partial charge in [0.15, 0.2) is 0 Å². The highest BCUT2D eigenvalue weighted by molar-refractivity contribution is 5.79. The van der Waals surface area contributed by atoms with Crippen LogP contribution in [-0.4, -0.2) is 36.1 Å². The van der Waals surface area contributed by atoms with Crippen molar-refractivity contribution in [3.8, 4) is 0 Å². The summed E-state index contributed by atoms with van der Waals surface area (Å²) in [7, 11) is 1.60. The van der Waals surface area contributed by atoms with Gasteiger partial charge in [0.05, 0.1) is 17.4 Å². The van der Waals surface area contributed by atoms with E-state index in [-0.39, 0.29) is 24.1 Å². The zero-order chi connectivity index (χ0) is 15.4. The second-order valence-electron chi connectivity index (χ2n) is 5.14. The molecule has 1 atom stereocenters. The number of benzene rings is 1. The first kappa shape index (κ1) is 15.2. The van der Waals surface area contributed by atoms with Crippen LogP contribution in [0.5, 0.6) is 0 Å². The van der Waals surface area contributed by atoms with E-state index in [4.69, 9.17) is 5.11 Å². The van der Waals surface area contributed by atoms with Gasteiger partial charge in [-0.1, -0.05) is 6.07 Å². The summed E-state index contributed by atoms with van der Waals surface area (Å²) in [4.78, 5) is 24.4. The van der Waals surface area contributed by atoms with Crippen LogP contribution in [0.4, 0.5) is 11.4 Å². The van der Waals surface area contributed by atoms with Crippen LogP contribution in [0.1, 0.15) is 18.4 Å². The molecule has 0 aromatic heterocycles. The molecule has 7 nitrogen and oxygen atoms in total. The van der Waals surface area contributed by atoms with Gasteiger partial charge in [0.25, 0.3) is 5.69 Å². The minimum atomic E-state index is -0.446. The molecule has 1 heterocycles. The average Bonchev–Trinajstić information content (AvgIpc) is 2.53. The summed E-state index contributed by atoms with van der Waals surface area (Å²) in [5, 5.41) is 23.0. The molecular formula is C14H19N3O4. The lowest BCUT2D eigenvalue weighted by atomic mass is 9.96. The number of piperidine rings is 1. The van der Waals surface area contributed by atoms with Gasteiger partial charge in [-0.25, -0.2) is 0 Å². The fraction of sp³-hybridized carbons (Fsp3) is 0.500. The van der Waals surface area contributed by atoms with Gasteiger partial charge in [-0.05, 0) is 24.5 Å². The second-order valence-corrected chi connectivity index (χ2v) is 5.14. The molecule has 1 aromatic carbocycles. The number of carbonyl (C=O) groups is 1. The van der Waals surface area contributed by atoms with E-state index in [9.17, 15) is 14.9 Å². The molecule has 0 bridgehead atoms. The second kappa shape index (κ2) is 6.53. The molecule has 1 aromatic rings. The highest BCUT2D eigenvalue weighted by Crippen LogP contribution is 2.32. The number of nitrogens with zero attached hydrogens (tertiary/aromatic N) is 2. The van der Waals surface area contributed by atoms with Crippen molar-refractivity contribution in [2.24, 2.45) is 5.92 Å². The van der Waals surface area contributed by atoms with Crippen molar-refractivity contribution in [2.45, 2.75) is 19.4 Å². The van der Waals surface area contributed by atoms with Crippen molar-refractivity contribution < 1.29 is 14.8 Å². The van der Waals surface area contributed by atoms with E-state index in [1.807, 2.05) is 4.90 Å². The van der Waals surface area contributed by atoms with Crippen LogP contribution in [-0.2, 0) is 11.4 Å². The predicted octanol–water partition coefficient (Wildman–Crippen LogP) is 1.05. The normalized spacial score (nSPS) is 18.4. The van der Waals surface area contributed by atoms with Gasteiger partial charge in [0, 0.05) is 26.2 Å². The van der Waals surface area contributed by atoms with E-state index in [1.165, 1.54) is 6.07 Å². The van der Waals surface area contributed by atoms with E-state index in [0.29, 0.717) is 24.3 Å². The van der Waals surface area contributed by atoms with Gasteiger partial charge in [-0.15, -0.1) is 0 Å². The first-order chi connectivity index (χ1) is 10.1. The van der Waals surface area contributed by atoms with Crippen LogP contribution in [0.15, 0.2) is 18.2 Å². The van der Waals surface area contributed by atoms with Crippen molar-refractivity contribution >= 4 is 17.3 Å². The summed E-state index contributed by atoms with van der Waals surface area (Å²) in [6.07, 6.45) is 1.61. The lowest BCUT2D eigenvalue weighted by Gasteiger charge is -2.33. The van der Waals surface area contributed by atoms with Crippen molar-refractivity contribution in [3.63, 3.8) is 0 Å². The number of nitro groups is 1. The fourth-order valence-electron chi connectivity index (χ4n) is 2.70. The largest absolute Gasteiger partial charge is 0.392 e. The zero-order valence-electron chi connectivity index (χ0n) is 11.9. The number of anilines is 1. The maximum absolute atomic E-state index is 11.8. The Morgan fingerprint density at radius 2 is 2.33 bits per heavy atom. The van der Waals surface area contributed by atoms with Gasteiger partial charge in [0.2, 0.25) is 5.91 Å². The quantitative estimate of drug-likeness (QED) is 0.639. The highest BCUT2D eigenvalue weighted by Gasteiger charge is 2.28. The Bertz CT molecular complexity index is 547. The average molecular weight is 293 g/mol. The van der Waals surface area contributed by atoms with Crippen LogP contribution >= 0.6 is 0 Å². The van der Waals surface area contributed by atoms with Gasteiger partial charge in [0.1, 0.15) is 5.69 Å². The molecule has 2 rings (SSSR count). The van der Waals surface area contributed by atoms with Crippen molar-refractivity contribution in [3.05, 3.63) is 33.9 Å². The van der Waals surface area contributed by atoms with Crippen LogP contribution < -0.4 is 10.2 Å². The molecule has 0 radical (unpaired) electrons. The number of aliphatic hydroxyl groups is 1. The van der Waals surface area contributed by atoms with E-state index in [1.54, 1.807) is 19.2 Å². The summed E-state index contributed by atoms with van der Waals surface area (Å²) < 4.78 is 0. The van der Waals surface area contributed by atoms with E-state index in [0.717, 1.165) is 12.8 Å². The van der Waals surface area contributed by atoms with Crippen molar-refractivity contribution in [1.29, 1.82) is 0 Å². The molecule has 7 heteroatoms. The minimum Gasteiger partial charge on any atom is -0.392 e. The molecule has 21 heavy (non-hydrogen) atoms. The maximum atomic E-state index is 11.8. The first-order valence-electron chi connectivity index (χ1n) is 6.91. The molecule has 0 saturated carbocycles. The third-order valence-electron chi connectivity index (χ3n) is 3.80. The molecule has 1 saturated heterocycles.